The number of halogens is 1. The molecule has 0 unspecified atom stereocenters. The summed E-state index contributed by atoms with van der Waals surface area (Å²) in [6.45, 7) is 0. The van der Waals surface area contributed by atoms with E-state index in [2.05, 4.69) is 12.6 Å². The van der Waals surface area contributed by atoms with Crippen LogP contribution >= 0.6 is 35.6 Å². The first-order chi connectivity index (χ1) is 6.77. The van der Waals surface area contributed by atoms with Crippen LogP contribution in [0.15, 0.2) is 22.4 Å². The first kappa shape index (κ1) is 10.0. The molecule has 0 aliphatic rings. The van der Waals surface area contributed by atoms with E-state index in [9.17, 15) is 4.79 Å². The topological polar surface area (TPSA) is 17.1 Å². The van der Waals surface area contributed by atoms with E-state index in [0.29, 0.717) is 11.4 Å². The molecule has 1 aromatic carbocycles. The Balaban J connectivity index is 2.85. The molecule has 0 fully saturated rings. The zero-order valence-electron chi connectivity index (χ0n) is 7.16. The van der Waals surface area contributed by atoms with E-state index in [1.807, 2.05) is 17.5 Å². The van der Waals surface area contributed by atoms with Crippen LogP contribution < -0.4 is 0 Å². The van der Waals surface area contributed by atoms with E-state index in [1.165, 1.54) is 0 Å². The van der Waals surface area contributed by atoms with E-state index in [1.54, 1.807) is 11.3 Å². The number of benzene rings is 1. The van der Waals surface area contributed by atoms with Gasteiger partial charge < -0.3 is 0 Å². The summed E-state index contributed by atoms with van der Waals surface area (Å²) in [7, 11) is 0. The zero-order chi connectivity index (χ0) is 10.1. The lowest BCUT2D eigenvalue weighted by molar-refractivity contribution is 0.112. The van der Waals surface area contributed by atoms with Gasteiger partial charge >= 0.3 is 0 Å². The molecule has 2 aromatic rings. The first-order valence-electron chi connectivity index (χ1n) is 4.01. The van der Waals surface area contributed by atoms with Gasteiger partial charge in [0.15, 0.2) is 0 Å². The molecule has 0 N–H and O–H groups in total. The van der Waals surface area contributed by atoms with Gasteiger partial charge in [0.1, 0.15) is 6.29 Å². The van der Waals surface area contributed by atoms with Crippen LogP contribution in [-0.4, -0.2) is 6.29 Å². The summed E-state index contributed by atoms with van der Waals surface area (Å²) in [4.78, 5) is 11.6. The van der Waals surface area contributed by atoms with Gasteiger partial charge in [0.05, 0.1) is 0 Å². The van der Waals surface area contributed by atoms with Crippen molar-refractivity contribution in [1.29, 1.82) is 0 Å². The number of carbonyl (C=O) groups excluding carboxylic acids is 1. The fourth-order valence-electron chi connectivity index (χ4n) is 1.40. The van der Waals surface area contributed by atoms with Gasteiger partial charge in [-0.25, -0.2) is 0 Å². The highest BCUT2D eigenvalue weighted by molar-refractivity contribution is 7.80. The molecule has 0 atom stereocenters. The second-order valence-corrected chi connectivity index (χ2v) is 4.51. The van der Waals surface area contributed by atoms with E-state index >= 15 is 0 Å². The second kappa shape index (κ2) is 3.93. The number of alkyl halides is 1. The van der Waals surface area contributed by atoms with Gasteiger partial charge in [-0.3, -0.25) is 4.79 Å². The fourth-order valence-corrected chi connectivity index (χ4v) is 3.12. The van der Waals surface area contributed by atoms with Gasteiger partial charge in [-0.15, -0.1) is 35.6 Å². The Labute approximate surface area is 96.1 Å². The van der Waals surface area contributed by atoms with Crippen LogP contribution in [0.3, 0.4) is 0 Å². The predicted octanol–water partition coefficient (Wildman–Crippen LogP) is 3.74. The van der Waals surface area contributed by atoms with Crippen molar-refractivity contribution in [2.45, 2.75) is 10.8 Å². The molecular weight excluding hydrogens is 236 g/mol. The Kier molecular flexibility index (Phi) is 2.81. The van der Waals surface area contributed by atoms with Gasteiger partial charge in [0, 0.05) is 21.0 Å². The Morgan fingerprint density at radius 2 is 2.36 bits per heavy atom. The number of hydrogen-bond donors (Lipinski definition) is 1. The maximum Gasteiger partial charge on any atom is 0.150 e. The number of carbonyl (C=O) groups is 1. The highest BCUT2D eigenvalue weighted by Gasteiger charge is 2.10. The summed E-state index contributed by atoms with van der Waals surface area (Å²) >= 11 is 11.8. The molecule has 0 amide bonds. The third-order valence-electron chi connectivity index (χ3n) is 2.12. The minimum atomic E-state index is 0.320. The molecule has 72 valence electrons. The van der Waals surface area contributed by atoms with Crippen molar-refractivity contribution in [2.24, 2.45) is 0 Å². The second-order valence-electron chi connectivity index (χ2n) is 2.88. The predicted molar refractivity (Wildman–Crippen MR) is 64.0 cm³/mol. The molecule has 0 saturated carbocycles. The average molecular weight is 243 g/mol. The average Bonchev–Trinajstić information content (AvgIpc) is 2.65. The normalized spacial score (nSPS) is 10.7. The smallest absolute Gasteiger partial charge is 0.150 e. The molecule has 14 heavy (non-hydrogen) atoms. The first-order valence-corrected chi connectivity index (χ1v) is 5.87. The third kappa shape index (κ3) is 1.45. The minimum absolute atomic E-state index is 0.320. The Bertz CT molecular complexity index is 490. The standard InChI is InChI=1S/C10H7ClOS2/c11-4-8-7(5-12)3-6-1-2-14-10(6)9(8)13/h1-3,5,13H,4H2. The van der Waals surface area contributed by atoms with Crippen molar-refractivity contribution in [3.8, 4) is 0 Å². The minimum Gasteiger partial charge on any atom is -0.298 e. The van der Waals surface area contributed by atoms with Crippen molar-refractivity contribution in [3.63, 3.8) is 0 Å². The van der Waals surface area contributed by atoms with E-state index in [-0.39, 0.29) is 0 Å². The van der Waals surface area contributed by atoms with Crippen molar-refractivity contribution >= 4 is 51.9 Å². The maximum absolute atomic E-state index is 10.8. The molecule has 2 rings (SSSR count). The van der Waals surface area contributed by atoms with Crippen LogP contribution in [0.4, 0.5) is 0 Å². The van der Waals surface area contributed by atoms with Crippen LogP contribution in [0.5, 0.6) is 0 Å². The fraction of sp³-hybridized carbons (Fsp3) is 0.100. The maximum atomic E-state index is 10.8. The quantitative estimate of drug-likeness (QED) is 0.482. The van der Waals surface area contributed by atoms with Crippen LogP contribution in [0.2, 0.25) is 0 Å². The van der Waals surface area contributed by atoms with Crippen LogP contribution in [-0.2, 0) is 5.88 Å². The van der Waals surface area contributed by atoms with Gasteiger partial charge in [-0.05, 0) is 28.5 Å². The molecular formula is C10H7ClOS2. The molecule has 0 aliphatic heterocycles. The Hall–Kier alpha value is -0.510. The number of aldehydes is 1. The molecule has 0 bridgehead atoms. The highest BCUT2D eigenvalue weighted by atomic mass is 35.5. The van der Waals surface area contributed by atoms with Gasteiger partial charge in [-0.2, -0.15) is 0 Å². The van der Waals surface area contributed by atoms with E-state index in [4.69, 9.17) is 11.6 Å². The van der Waals surface area contributed by atoms with Crippen molar-refractivity contribution in [2.75, 3.05) is 0 Å². The van der Waals surface area contributed by atoms with Crippen LogP contribution in [0, 0.1) is 0 Å². The van der Waals surface area contributed by atoms with E-state index < -0.39 is 0 Å². The van der Waals surface area contributed by atoms with Crippen molar-refractivity contribution in [3.05, 3.63) is 28.6 Å². The van der Waals surface area contributed by atoms with Gasteiger partial charge in [0.2, 0.25) is 0 Å². The summed E-state index contributed by atoms with van der Waals surface area (Å²) in [6.07, 6.45) is 0.828. The molecule has 0 spiro atoms. The molecule has 0 aliphatic carbocycles. The van der Waals surface area contributed by atoms with Crippen LogP contribution in [0.1, 0.15) is 15.9 Å². The third-order valence-corrected chi connectivity index (χ3v) is 3.98. The Morgan fingerprint density at radius 3 is 3.00 bits per heavy atom. The molecule has 1 heterocycles. The summed E-state index contributed by atoms with van der Waals surface area (Å²) in [5.41, 5.74) is 1.45. The lowest BCUT2D eigenvalue weighted by atomic mass is 10.1. The monoisotopic (exact) mass is 242 g/mol. The summed E-state index contributed by atoms with van der Waals surface area (Å²) in [5, 5.41) is 3.03. The molecule has 1 nitrogen and oxygen atoms in total. The number of fused-ring (bicyclic) bond motifs is 1. The largest absolute Gasteiger partial charge is 0.298 e. The summed E-state index contributed by atoms with van der Waals surface area (Å²) in [6, 6.07) is 3.83. The summed E-state index contributed by atoms with van der Waals surface area (Å²) in [5.74, 6) is 0.320. The lowest BCUT2D eigenvalue weighted by Gasteiger charge is -2.05. The van der Waals surface area contributed by atoms with Crippen LogP contribution in [0.25, 0.3) is 10.1 Å². The number of rotatable bonds is 2. The van der Waals surface area contributed by atoms with E-state index in [0.717, 1.165) is 26.8 Å². The molecule has 0 radical (unpaired) electrons. The molecule has 1 aromatic heterocycles. The number of thiophene rings is 1. The van der Waals surface area contributed by atoms with Crippen molar-refractivity contribution < 1.29 is 4.79 Å². The molecule has 0 saturated heterocycles. The van der Waals surface area contributed by atoms with Crippen molar-refractivity contribution in [1.82, 2.24) is 0 Å². The number of thiol groups is 1. The number of hydrogen-bond acceptors (Lipinski definition) is 3. The summed E-state index contributed by atoms with van der Waals surface area (Å²) < 4.78 is 1.09. The van der Waals surface area contributed by atoms with Gasteiger partial charge in [-0.1, -0.05) is 0 Å². The van der Waals surface area contributed by atoms with Gasteiger partial charge in [0.25, 0.3) is 0 Å². The lowest BCUT2D eigenvalue weighted by Crippen LogP contribution is -1.91. The highest BCUT2D eigenvalue weighted by Crippen LogP contribution is 2.33. The SMILES string of the molecule is O=Cc1cc2ccsc2c(S)c1CCl. The zero-order valence-corrected chi connectivity index (χ0v) is 9.63. The molecule has 4 heteroatoms. The Morgan fingerprint density at radius 1 is 1.57 bits per heavy atom.